The van der Waals surface area contributed by atoms with Gasteiger partial charge in [-0.3, -0.25) is 4.79 Å². The van der Waals surface area contributed by atoms with Gasteiger partial charge in [-0.2, -0.15) is 0 Å². The molecule has 1 atom stereocenters. The predicted molar refractivity (Wildman–Crippen MR) is 49.9 cm³/mol. The molecular weight excluding hydrogens is 152 g/mol. The van der Waals surface area contributed by atoms with Crippen LogP contribution >= 0.6 is 0 Å². The van der Waals surface area contributed by atoms with Gasteiger partial charge >= 0.3 is 0 Å². The molecule has 2 heteroatoms. The standard InChI is InChI=1S/C10H20O2/c1-7(2)5-9(11)10(12)6-8(3)4/h7-9,11H,5-6H2,1-4H3/t9-/m1/s1. The average molecular weight is 172 g/mol. The zero-order valence-electron chi connectivity index (χ0n) is 8.50. The summed E-state index contributed by atoms with van der Waals surface area (Å²) in [6, 6.07) is 0. The molecule has 0 aromatic carbocycles. The minimum Gasteiger partial charge on any atom is -0.385 e. The number of aliphatic hydroxyl groups excluding tert-OH is 1. The number of hydrogen-bond acceptors (Lipinski definition) is 2. The van der Waals surface area contributed by atoms with Gasteiger partial charge in [-0.05, 0) is 18.3 Å². The highest BCUT2D eigenvalue weighted by Gasteiger charge is 2.16. The van der Waals surface area contributed by atoms with E-state index in [9.17, 15) is 9.90 Å². The van der Waals surface area contributed by atoms with E-state index in [-0.39, 0.29) is 5.78 Å². The summed E-state index contributed by atoms with van der Waals surface area (Å²) in [6.07, 6.45) is 0.340. The van der Waals surface area contributed by atoms with Crippen LogP contribution in [-0.2, 0) is 4.79 Å². The number of carbonyl (C=O) groups excluding carboxylic acids is 1. The molecule has 0 spiro atoms. The number of rotatable bonds is 5. The molecule has 0 unspecified atom stereocenters. The molecule has 0 aliphatic rings. The number of carbonyl (C=O) groups is 1. The first kappa shape index (κ1) is 11.6. The molecule has 0 fully saturated rings. The lowest BCUT2D eigenvalue weighted by atomic mass is 9.97. The third-order valence-electron chi connectivity index (χ3n) is 1.68. The van der Waals surface area contributed by atoms with Crippen molar-refractivity contribution < 1.29 is 9.90 Å². The molecule has 0 bridgehead atoms. The van der Waals surface area contributed by atoms with Crippen molar-refractivity contribution in [3.05, 3.63) is 0 Å². The Morgan fingerprint density at radius 2 is 1.67 bits per heavy atom. The lowest BCUT2D eigenvalue weighted by Crippen LogP contribution is -2.23. The van der Waals surface area contributed by atoms with Gasteiger partial charge in [-0.25, -0.2) is 0 Å². The van der Waals surface area contributed by atoms with Gasteiger partial charge in [0.15, 0.2) is 5.78 Å². The Hall–Kier alpha value is -0.370. The van der Waals surface area contributed by atoms with Crippen molar-refractivity contribution in [3.63, 3.8) is 0 Å². The molecule has 0 amide bonds. The van der Waals surface area contributed by atoms with Gasteiger partial charge in [0.05, 0.1) is 0 Å². The Morgan fingerprint density at radius 3 is 2.00 bits per heavy atom. The summed E-state index contributed by atoms with van der Waals surface area (Å²) in [5, 5.41) is 9.39. The molecule has 0 radical (unpaired) electrons. The lowest BCUT2D eigenvalue weighted by molar-refractivity contribution is -0.128. The predicted octanol–water partition coefficient (Wildman–Crippen LogP) is 2.01. The molecule has 0 rings (SSSR count). The van der Waals surface area contributed by atoms with Gasteiger partial charge in [0.1, 0.15) is 6.10 Å². The molecule has 0 saturated carbocycles. The summed E-state index contributed by atoms with van der Waals surface area (Å²) in [7, 11) is 0. The molecule has 1 N–H and O–H groups in total. The van der Waals surface area contributed by atoms with E-state index in [4.69, 9.17) is 0 Å². The van der Waals surface area contributed by atoms with E-state index < -0.39 is 6.10 Å². The van der Waals surface area contributed by atoms with Crippen LogP contribution in [0.5, 0.6) is 0 Å². The van der Waals surface area contributed by atoms with Crippen LogP contribution in [0.15, 0.2) is 0 Å². The second kappa shape index (κ2) is 5.31. The van der Waals surface area contributed by atoms with Gasteiger partial charge in [0.2, 0.25) is 0 Å². The first-order valence-electron chi connectivity index (χ1n) is 4.64. The highest BCUT2D eigenvalue weighted by atomic mass is 16.3. The second-order valence-electron chi connectivity index (χ2n) is 4.21. The van der Waals surface area contributed by atoms with E-state index >= 15 is 0 Å². The fourth-order valence-electron chi connectivity index (χ4n) is 1.12. The Morgan fingerprint density at radius 1 is 1.17 bits per heavy atom. The Balaban J connectivity index is 3.77. The van der Waals surface area contributed by atoms with Crippen LogP contribution in [0.1, 0.15) is 40.5 Å². The van der Waals surface area contributed by atoms with Gasteiger partial charge in [-0.15, -0.1) is 0 Å². The quantitative estimate of drug-likeness (QED) is 0.688. The van der Waals surface area contributed by atoms with Crippen LogP contribution in [0.4, 0.5) is 0 Å². The van der Waals surface area contributed by atoms with Crippen LogP contribution in [0.2, 0.25) is 0 Å². The van der Waals surface area contributed by atoms with Crippen molar-refractivity contribution in [1.82, 2.24) is 0 Å². The molecule has 0 aromatic heterocycles. The Bertz CT molecular complexity index is 139. The molecule has 12 heavy (non-hydrogen) atoms. The van der Waals surface area contributed by atoms with Crippen molar-refractivity contribution in [2.24, 2.45) is 11.8 Å². The van der Waals surface area contributed by atoms with Crippen molar-refractivity contribution in [3.8, 4) is 0 Å². The molecule has 0 aliphatic carbocycles. The summed E-state index contributed by atoms with van der Waals surface area (Å²) in [5.41, 5.74) is 0. The third kappa shape index (κ3) is 5.30. The third-order valence-corrected chi connectivity index (χ3v) is 1.68. The number of hydrogen-bond donors (Lipinski definition) is 1. The van der Waals surface area contributed by atoms with Gasteiger partial charge in [-0.1, -0.05) is 27.7 Å². The van der Waals surface area contributed by atoms with E-state index in [1.54, 1.807) is 0 Å². The van der Waals surface area contributed by atoms with Gasteiger partial charge in [0.25, 0.3) is 0 Å². The van der Waals surface area contributed by atoms with Crippen LogP contribution < -0.4 is 0 Å². The molecule has 0 aliphatic heterocycles. The maximum atomic E-state index is 11.2. The molecule has 2 nitrogen and oxygen atoms in total. The van der Waals surface area contributed by atoms with E-state index in [0.29, 0.717) is 24.7 Å². The summed E-state index contributed by atoms with van der Waals surface area (Å²) >= 11 is 0. The Kier molecular flexibility index (Phi) is 5.14. The van der Waals surface area contributed by atoms with Crippen LogP contribution in [0, 0.1) is 11.8 Å². The summed E-state index contributed by atoms with van der Waals surface area (Å²) in [5.74, 6) is 0.717. The van der Waals surface area contributed by atoms with Gasteiger partial charge in [0, 0.05) is 6.42 Å². The Labute approximate surface area is 75.0 Å². The molecule has 0 heterocycles. The fraction of sp³-hybridized carbons (Fsp3) is 0.900. The number of Topliss-reactive ketones (excluding diaryl/α,β-unsaturated/α-hetero) is 1. The highest BCUT2D eigenvalue weighted by Crippen LogP contribution is 2.10. The second-order valence-corrected chi connectivity index (χ2v) is 4.21. The van der Waals surface area contributed by atoms with Crippen molar-refractivity contribution >= 4 is 5.78 Å². The number of aliphatic hydroxyl groups is 1. The summed E-state index contributed by atoms with van der Waals surface area (Å²) in [4.78, 5) is 11.2. The zero-order chi connectivity index (χ0) is 9.72. The van der Waals surface area contributed by atoms with Crippen LogP contribution in [0.3, 0.4) is 0 Å². The van der Waals surface area contributed by atoms with Crippen molar-refractivity contribution in [1.29, 1.82) is 0 Å². The minimum atomic E-state index is -0.743. The SMILES string of the molecule is CC(C)CC(=O)[C@H](O)CC(C)C. The first-order chi connectivity index (χ1) is 5.43. The monoisotopic (exact) mass is 172 g/mol. The van der Waals surface area contributed by atoms with Crippen molar-refractivity contribution in [2.75, 3.05) is 0 Å². The normalized spacial score (nSPS) is 13.9. The highest BCUT2D eigenvalue weighted by molar-refractivity contribution is 5.82. The van der Waals surface area contributed by atoms with Gasteiger partial charge < -0.3 is 5.11 Å². The zero-order valence-corrected chi connectivity index (χ0v) is 8.50. The summed E-state index contributed by atoms with van der Waals surface area (Å²) < 4.78 is 0. The maximum absolute atomic E-state index is 11.2. The summed E-state index contributed by atoms with van der Waals surface area (Å²) in [6.45, 7) is 7.98. The van der Waals surface area contributed by atoms with E-state index in [0.717, 1.165) is 0 Å². The van der Waals surface area contributed by atoms with E-state index in [1.807, 2.05) is 27.7 Å². The molecule has 72 valence electrons. The smallest absolute Gasteiger partial charge is 0.161 e. The van der Waals surface area contributed by atoms with Crippen LogP contribution in [-0.4, -0.2) is 17.0 Å². The first-order valence-corrected chi connectivity index (χ1v) is 4.64. The minimum absolute atomic E-state index is 0.0151. The fourth-order valence-corrected chi connectivity index (χ4v) is 1.12. The topological polar surface area (TPSA) is 37.3 Å². The number of ketones is 1. The van der Waals surface area contributed by atoms with Crippen molar-refractivity contribution in [2.45, 2.75) is 46.6 Å². The average Bonchev–Trinajstić information content (AvgIpc) is 1.84. The largest absolute Gasteiger partial charge is 0.385 e. The molecular formula is C10H20O2. The van der Waals surface area contributed by atoms with E-state index in [1.165, 1.54) is 0 Å². The van der Waals surface area contributed by atoms with E-state index in [2.05, 4.69) is 0 Å². The lowest BCUT2D eigenvalue weighted by Gasteiger charge is -2.12. The molecule has 0 aromatic rings. The molecule has 0 saturated heterocycles. The maximum Gasteiger partial charge on any atom is 0.161 e. The van der Waals surface area contributed by atoms with Crippen LogP contribution in [0.25, 0.3) is 0 Å².